The van der Waals surface area contributed by atoms with Gasteiger partial charge in [0.25, 0.3) is 0 Å². The van der Waals surface area contributed by atoms with Crippen molar-refractivity contribution in [2.45, 2.75) is 40.0 Å². The summed E-state index contributed by atoms with van der Waals surface area (Å²) in [6, 6.07) is 0. The van der Waals surface area contributed by atoms with Gasteiger partial charge in [-0.25, -0.2) is 0 Å². The second-order valence-electron chi connectivity index (χ2n) is 3.92. The van der Waals surface area contributed by atoms with E-state index in [0.717, 1.165) is 13.0 Å². The highest BCUT2D eigenvalue weighted by molar-refractivity contribution is 4.59. The summed E-state index contributed by atoms with van der Waals surface area (Å²) in [5.41, 5.74) is 0. The molecular formula is C11H25NO. The molecule has 0 aromatic carbocycles. The minimum absolute atomic E-state index is 0.325. The zero-order valence-electron chi connectivity index (χ0n) is 9.42. The third-order valence-electron chi connectivity index (χ3n) is 2.33. The fraction of sp³-hybridized carbons (Fsp3) is 1.00. The average molecular weight is 187 g/mol. The summed E-state index contributed by atoms with van der Waals surface area (Å²) in [5, 5.41) is 8.89. The van der Waals surface area contributed by atoms with Gasteiger partial charge < -0.3 is 10.0 Å². The maximum atomic E-state index is 8.89. The first-order valence-electron chi connectivity index (χ1n) is 5.57. The highest BCUT2D eigenvalue weighted by atomic mass is 16.3. The Labute approximate surface area is 82.9 Å². The molecule has 0 spiro atoms. The van der Waals surface area contributed by atoms with Gasteiger partial charge in [0.2, 0.25) is 0 Å². The van der Waals surface area contributed by atoms with Crippen LogP contribution in [0.25, 0.3) is 0 Å². The summed E-state index contributed by atoms with van der Waals surface area (Å²) in [5.74, 6) is 0.455. The van der Waals surface area contributed by atoms with Gasteiger partial charge in [-0.3, -0.25) is 0 Å². The predicted octanol–water partition coefficient (Wildman–Crippen LogP) is 2.13. The van der Waals surface area contributed by atoms with E-state index in [1.54, 1.807) is 0 Å². The van der Waals surface area contributed by atoms with Crippen LogP contribution in [0.2, 0.25) is 0 Å². The quantitative estimate of drug-likeness (QED) is 0.629. The summed E-state index contributed by atoms with van der Waals surface area (Å²) in [7, 11) is 0. The number of nitrogens with zero attached hydrogens (tertiary/aromatic N) is 1. The summed E-state index contributed by atoms with van der Waals surface area (Å²) in [4.78, 5) is 2.49. The molecule has 0 heterocycles. The van der Waals surface area contributed by atoms with Gasteiger partial charge in [0, 0.05) is 6.61 Å². The monoisotopic (exact) mass is 187 g/mol. The van der Waals surface area contributed by atoms with Crippen LogP contribution in [0.4, 0.5) is 0 Å². The molecule has 1 atom stereocenters. The zero-order chi connectivity index (χ0) is 10.1. The van der Waals surface area contributed by atoms with E-state index in [9.17, 15) is 0 Å². The maximum absolute atomic E-state index is 8.89. The highest BCUT2D eigenvalue weighted by Crippen LogP contribution is 2.03. The molecule has 80 valence electrons. The van der Waals surface area contributed by atoms with Gasteiger partial charge in [-0.1, -0.05) is 20.8 Å². The van der Waals surface area contributed by atoms with Crippen molar-refractivity contribution in [3.8, 4) is 0 Å². The van der Waals surface area contributed by atoms with E-state index in [2.05, 4.69) is 25.7 Å². The van der Waals surface area contributed by atoms with Crippen molar-refractivity contribution in [1.82, 2.24) is 4.90 Å². The Kier molecular flexibility index (Phi) is 8.46. The van der Waals surface area contributed by atoms with Crippen molar-refractivity contribution in [1.29, 1.82) is 0 Å². The third-order valence-corrected chi connectivity index (χ3v) is 2.33. The molecule has 2 heteroatoms. The highest BCUT2D eigenvalue weighted by Gasteiger charge is 2.05. The first-order valence-corrected chi connectivity index (χ1v) is 5.57. The average Bonchev–Trinajstić information content (AvgIpc) is 2.14. The second kappa shape index (κ2) is 8.52. The lowest BCUT2D eigenvalue weighted by Gasteiger charge is -2.22. The molecule has 1 unspecified atom stereocenters. The molecule has 0 amide bonds. The minimum atomic E-state index is 0.325. The van der Waals surface area contributed by atoms with Gasteiger partial charge in [-0.05, 0) is 44.8 Å². The van der Waals surface area contributed by atoms with E-state index in [-0.39, 0.29) is 0 Å². The van der Waals surface area contributed by atoms with Crippen LogP contribution in [0.15, 0.2) is 0 Å². The standard InChI is InChI=1S/C11H25NO/c1-4-7-12(8-5-2)9-6-11(3)10-13/h11,13H,4-10H2,1-3H3. The largest absolute Gasteiger partial charge is 0.396 e. The van der Waals surface area contributed by atoms with Crippen LogP contribution in [0.1, 0.15) is 40.0 Å². The van der Waals surface area contributed by atoms with Gasteiger partial charge >= 0.3 is 0 Å². The van der Waals surface area contributed by atoms with Crippen LogP contribution in [0, 0.1) is 5.92 Å². The first-order chi connectivity index (χ1) is 6.24. The zero-order valence-corrected chi connectivity index (χ0v) is 9.42. The maximum Gasteiger partial charge on any atom is 0.0457 e. The van der Waals surface area contributed by atoms with Gasteiger partial charge in [-0.15, -0.1) is 0 Å². The Morgan fingerprint density at radius 2 is 1.62 bits per heavy atom. The van der Waals surface area contributed by atoms with Crippen LogP contribution >= 0.6 is 0 Å². The van der Waals surface area contributed by atoms with Crippen molar-refractivity contribution < 1.29 is 5.11 Å². The number of aliphatic hydroxyl groups excluding tert-OH is 1. The molecule has 0 fully saturated rings. The molecule has 0 radical (unpaired) electrons. The lowest BCUT2D eigenvalue weighted by atomic mass is 10.1. The first kappa shape index (κ1) is 12.9. The fourth-order valence-corrected chi connectivity index (χ4v) is 1.46. The summed E-state index contributed by atoms with van der Waals surface area (Å²) in [6.07, 6.45) is 3.58. The minimum Gasteiger partial charge on any atom is -0.396 e. The molecule has 2 nitrogen and oxygen atoms in total. The predicted molar refractivity (Wildman–Crippen MR) is 57.9 cm³/mol. The summed E-state index contributed by atoms with van der Waals surface area (Å²) in [6.45, 7) is 10.4. The molecule has 0 aliphatic rings. The van der Waals surface area contributed by atoms with Crippen LogP contribution < -0.4 is 0 Å². The van der Waals surface area contributed by atoms with Crippen LogP contribution in [0.3, 0.4) is 0 Å². The van der Waals surface area contributed by atoms with E-state index >= 15 is 0 Å². The SMILES string of the molecule is CCCN(CCC)CCC(C)CO. The molecule has 0 bridgehead atoms. The van der Waals surface area contributed by atoms with Crippen molar-refractivity contribution >= 4 is 0 Å². The Morgan fingerprint density at radius 3 is 2.00 bits per heavy atom. The van der Waals surface area contributed by atoms with Crippen molar-refractivity contribution in [3.05, 3.63) is 0 Å². The second-order valence-corrected chi connectivity index (χ2v) is 3.92. The van der Waals surface area contributed by atoms with Crippen molar-refractivity contribution in [3.63, 3.8) is 0 Å². The normalized spacial score (nSPS) is 13.6. The number of hydrogen-bond donors (Lipinski definition) is 1. The molecule has 0 saturated carbocycles. The van der Waals surface area contributed by atoms with E-state index in [4.69, 9.17) is 5.11 Å². The molecule has 0 aromatic rings. The van der Waals surface area contributed by atoms with Gasteiger partial charge in [0.05, 0.1) is 0 Å². The topological polar surface area (TPSA) is 23.5 Å². The number of aliphatic hydroxyl groups is 1. The van der Waals surface area contributed by atoms with E-state index in [1.807, 2.05) is 0 Å². The molecule has 0 aliphatic heterocycles. The fourth-order valence-electron chi connectivity index (χ4n) is 1.46. The molecule has 0 saturated heterocycles. The molecule has 0 aromatic heterocycles. The number of rotatable bonds is 8. The summed E-state index contributed by atoms with van der Waals surface area (Å²) >= 11 is 0. The summed E-state index contributed by atoms with van der Waals surface area (Å²) < 4.78 is 0. The van der Waals surface area contributed by atoms with Crippen LogP contribution in [-0.2, 0) is 0 Å². The van der Waals surface area contributed by atoms with E-state index < -0.39 is 0 Å². The number of hydrogen-bond acceptors (Lipinski definition) is 2. The van der Waals surface area contributed by atoms with Gasteiger partial charge in [-0.2, -0.15) is 0 Å². The van der Waals surface area contributed by atoms with Crippen LogP contribution in [-0.4, -0.2) is 36.2 Å². The van der Waals surface area contributed by atoms with Crippen LogP contribution in [0.5, 0.6) is 0 Å². The molecule has 13 heavy (non-hydrogen) atoms. The van der Waals surface area contributed by atoms with Gasteiger partial charge in [0.1, 0.15) is 0 Å². The Morgan fingerprint density at radius 1 is 1.08 bits per heavy atom. The van der Waals surface area contributed by atoms with E-state index in [0.29, 0.717) is 12.5 Å². The van der Waals surface area contributed by atoms with Crippen molar-refractivity contribution in [2.24, 2.45) is 5.92 Å². The Bertz CT molecular complexity index is 100. The molecule has 1 N–H and O–H groups in total. The van der Waals surface area contributed by atoms with Crippen molar-refractivity contribution in [2.75, 3.05) is 26.2 Å². The Hall–Kier alpha value is -0.0800. The van der Waals surface area contributed by atoms with E-state index in [1.165, 1.54) is 25.9 Å². The van der Waals surface area contributed by atoms with Gasteiger partial charge in [0.15, 0.2) is 0 Å². The molecular weight excluding hydrogens is 162 g/mol. The molecule has 0 aliphatic carbocycles. The smallest absolute Gasteiger partial charge is 0.0457 e. The lowest BCUT2D eigenvalue weighted by molar-refractivity contribution is 0.199. The third kappa shape index (κ3) is 7.03. The molecule has 0 rings (SSSR count). The lowest BCUT2D eigenvalue weighted by Crippen LogP contribution is -2.28. The Balaban J connectivity index is 3.55.